The van der Waals surface area contributed by atoms with Crippen molar-refractivity contribution in [3.63, 3.8) is 0 Å². The van der Waals surface area contributed by atoms with Crippen molar-refractivity contribution < 1.29 is 14.3 Å². The van der Waals surface area contributed by atoms with Crippen molar-refractivity contribution >= 4 is 23.1 Å². The lowest BCUT2D eigenvalue weighted by molar-refractivity contribution is 0.0474. The van der Waals surface area contributed by atoms with E-state index < -0.39 is 5.97 Å². The fourth-order valence-corrected chi connectivity index (χ4v) is 3.20. The SMILES string of the molecule is Cc1cc(C(=O)COC(=O)c2cccc(-n3cnnn3)c2)c(C)s1. The van der Waals surface area contributed by atoms with Gasteiger partial charge in [0.25, 0.3) is 0 Å². The maximum absolute atomic E-state index is 12.2. The molecule has 0 N–H and O–H groups in total. The summed E-state index contributed by atoms with van der Waals surface area (Å²) in [5, 5.41) is 10.9. The third-order valence-electron chi connectivity index (χ3n) is 3.37. The molecule has 0 fully saturated rings. The number of esters is 1. The predicted octanol–water partition coefficient (Wildman–Crippen LogP) is 2.38. The van der Waals surface area contributed by atoms with Gasteiger partial charge in [-0.25, -0.2) is 9.48 Å². The molecule has 0 bridgehead atoms. The van der Waals surface area contributed by atoms with Gasteiger partial charge in [0.15, 0.2) is 6.61 Å². The van der Waals surface area contributed by atoms with Gasteiger partial charge in [-0.1, -0.05) is 6.07 Å². The summed E-state index contributed by atoms with van der Waals surface area (Å²) >= 11 is 1.55. The second-order valence-corrected chi connectivity index (χ2v) is 6.59. The lowest BCUT2D eigenvalue weighted by Gasteiger charge is -2.06. The van der Waals surface area contributed by atoms with Crippen LogP contribution in [0.1, 0.15) is 30.5 Å². The van der Waals surface area contributed by atoms with Crippen LogP contribution in [0.3, 0.4) is 0 Å². The number of rotatable bonds is 5. The number of carbonyl (C=O) groups excluding carboxylic acids is 2. The molecule has 0 radical (unpaired) electrons. The highest BCUT2D eigenvalue weighted by Gasteiger charge is 2.15. The molecule has 2 heterocycles. The summed E-state index contributed by atoms with van der Waals surface area (Å²) in [6.45, 7) is 3.53. The fourth-order valence-electron chi connectivity index (χ4n) is 2.25. The van der Waals surface area contributed by atoms with Crippen LogP contribution in [0.25, 0.3) is 5.69 Å². The largest absolute Gasteiger partial charge is 0.454 e. The highest BCUT2D eigenvalue weighted by atomic mass is 32.1. The Labute approximate surface area is 141 Å². The molecule has 7 nitrogen and oxygen atoms in total. The number of ether oxygens (including phenoxy) is 1. The summed E-state index contributed by atoms with van der Waals surface area (Å²) in [6.07, 6.45) is 1.43. The smallest absolute Gasteiger partial charge is 0.338 e. The summed E-state index contributed by atoms with van der Waals surface area (Å²) in [6, 6.07) is 8.48. The maximum atomic E-state index is 12.2. The number of hydrogen-bond donors (Lipinski definition) is 0. The average molecular weight is 342 g/mol. The molecule has 3 rings (SSSR count). The number of aromatic nitrogens is 4. The zero-order valence-electron chi connectivity index (χ0n) is 13.1. The van der Waals surface area contributed by atoms with E-state index in [4.69, 9.17) is 4.74 Å². The molecule has 0 aliphatic rings. The molecule has 24 heavy (non-hydrogen) atoms. The number of benzene rings is 1. The fraction of sp³-hybridized carbons (Fsp3) is 0.188. The van der Waals surface area contributed by atoms with Crippen LogP contribution in [0.5, 0.6) is 0 Å². The number of tetrazole rings is 1. The lowest BCUT2D eigenvalue weighted by Crippen LogP contribution is -2.14. The predicted molar refractivity (Wildman–Crippen MR) is 87.6 cm³/mol. The van der Waals surface area contributed by atoms with Crippen molar-refractivity contribution in [1.29, 1.82) is 0 Å². The van der Waals surface area contributed by atoms with Crippen LogP contribution < -0.4 is 0 Å². The van der Waals surface area contributed by atoms with Crippen molar-refractivity contribution in [2.75, 3.05) is 6.61 Å². The van der Waals surface area contributed by atoms with Gasteiger partial charge >= 0.3 is 5.97 Å². The van der Waals surface area contributed by atoms with Crippen LogP contribution in [0.2, 0.25) is 0 Å². The minimum absolute atomic E-state index is 0.207. The summed E-state index contributed by atoms with van der Waals surface area (Å²) in [5.41, 5.74) is 1.56. The van der Waals surface area contributed by atoms with E-state index in [-0.39, 0.29) is 12.4 Å². The van der Waals surface area contributed by atoms with Gasteiger partial charge in [0.2, 0.25) is 5.78 Å². The van der Waals surface area contributed by atoms with Crippen LogP contribution in [0.15, 0.2) is 36.7 Å². The van der Waals surface area contributed by atoms with Crippen LogP contribution >= 0.6 is 11.3 Å². The van der Waals surface area contributed by atoms with Gasteiger partial charge < -0.3 is 4.74 Å². The molecular formula is C16H14N4O3S. The normalized spacial score (nSPS) is 10.6. The van der Waals surface area contributed by atoms with Gasteiger partial charge in [-0.2, -0.15) is 0 Å². The molecule has 0 atom stereocenters. The van der Waals surface area contributed by atoms with E-state index in [0.717, 1.165) is 9.75 Å². The average Bonchev–Trinajstić information content (AvgIpc) is 3.22. The molecule has 0 spiro atoms. The van der Waals surface area contributed by atoms with Crippen molar-refractivity contribution in [2.24, 2.45) is 0 Å². The number of Topliss-reactive ketones (excluding diaryl/α,β-unsaturated/α-hetero) is 1. The topological polar surface area (TPSA) is 87.0 Å². The molecule has 8 heteroatoms. The van der Waals surface area contributed by atoms with E-state index in [1.807, 2.05) is 19.9 Å². The third-order valence-corrected chi connectivity index (χ3v) is 4.34. The first-order valence-corrected chi connectivity index (χ1v) is 7.97. The van der Waals surface area contributed by atoms with Gasteiger partial charge in [0.05, 0.1) is 11.3 Å². The van der Waals surface area contributed by atoms with E-state index in [2.05, 4.69) is 15.5 Å². The first-order valence-electron chi connectivity index (χ1n) is 7.15. The van der Waals surface area contributed by atoms with Gasteiger partial charge in [0.1, 0.15) is 6.33 Å². The first kappa shape index (κ1) is 16.0. The van der Waals surface area contributed by atoms with Gasteiger partial charge in [-0.3, -0.25) is 4.79 Å². The Balaban J connectivity index is 1.68. The van der Waals surface area contributed by atoms with E-state index in [1.165, 1.54) is 11.0 Å². The molecule has 3 aromatic rings. The number of thiophene rings is 1. The Bertz CT molecular complexity index is 887. The highest BCUT2D eigenvalue weighted by molar-refractivity contribution is 7.12. The Hall–Kier alpha value is -2.87. The number of carbonyl (C=O) groups is 2. The molecule has 0 aliphatic carbocycles. The van der Waals surface area contributed by atoms with Crippen LogP contribution in [-0.4, -0.2) is 38.6 Å². The molecule has 1 aromatic carbocycles. The van der Waals surface area contributed by atoms with Gasteiger partial charge in [-0.15, -0.1) is 16.4 Å². The molecule has 0 saturated carbocycles. The Morgan fingerprint density at radius 3 is 2.75 bits per heavy atom. The maximum Gasteiger partial charge on any atom is 0.338 e. The summed E-state index contributed by atoms with van der Waals surface area (Å²) < 4.78 is 6.57. The highest BCUT2D eigenvalue weighted by Crippen LogP contribution is 2.21. The van der Waals surface area contributed by atoms with Crippen LogP contribution in [0.4, 0.5) is 0 Å². The molecule has 0 unspecified atom stereocenters. The van der Waals surface area contributed by atoms with Crippen molar-refractivity contribution in [3.8, 4) is 5.69 Å². The minimum atomic E-state index is -0.567. The summed E-state index contributed by atoms with van der Waals surface area (Å²) in [5.74, 6) is -0.773. The van der Waals surface area contributed by atoms with Crippen molar-refractivity contribution in [2.45, 2.75) is 13.8 Å². The second-order valence-electron chi connectivity index (χ2n) is 5.13. The van der Waals surface area contributed by atoms with Gasteiger partial charge in [0, 0.05) is 15.3 Å². The Morgan fingerprint density at radius 2 is 2.08 bits per heavy atom. The van der Waals surface area contributed by atoms with Crippen molar-refractivity contribution in [3.05, 3.63) is 57.5 Å². The van der Waals surface area contributed by atoms with Crippen LogP contribution in [-0.2, 0) is 4.74 Å². The van der Waals surface area contributed by atoms with Crippen molar-refractivity contribution in [1.82, 2.24) is 20.2 Å². The van der Waals surface area contributed by atoms with E-state index in [0.29, 0.717) is 16.8 Å². The lowest BCUT2D eigenvalue weighted by atomic mass is 10.1. The monoisotopic (exact) mass is 342 g/mol. The minimum Gasteiger partial charge on any atom is -0.454 e. The van der Waals surface area contributed by atoms with Crippen LogP contribution in [0, 0.1) is 13.8 Å². The van der Waals surface area contributed by atoms with E-state index >= 15 is 0 Å². The number of hydrogen-bond acceptors (Lipinski definition) is 7. The molecule has 0 saturated heterocycles. The molecule has 122 valence electrons. The molecule has 2 aromatic heterocycles. The number of ketones is 1. The first-order chi connectivity index (χ1) is 11.5. The standard InChI is InChI=1S/C16H14N4O3S/c1-10-6-14(11(2)24-10)15(21)8-23-16(22)12-4-3-5-13(7-12)20-9-17-18-19-20/h3-7,9H,8H2,1-2H3. The number of aryl methyl sites for hydroxylation is 2. The zero-order valence-corrected chi connectivity index (χ0v) is 13.9. The third kappa shape index (κ3) is 3.38. The summed E-state index contributed by atoms with van der Waals surface area (Å²) in [4.78, 5) is 26.3. The molecular weight excluding hydrogens is 328 g/mol. The summed E-state index contributed by atoms with van der Waals surface area (Å²) in [7, 11) is 0. The number of nitrogens with zero attached hydrogens (tertiary/aromatic N) is 4. The Morgan fingerprint density at radius 1 is 1.25 bits per heavy atom. The van der Waals surface area contributed by atoms with E-state index in [1.54, 1.807) is 35.6 Å². The second kappa shape index (κ2) is 6.71. The van der Waals surface area contributed by atoms with E-state index in [9.17, 15) is 9.59 Å². The Kier molecular flexibility index (Phi) is 4.48. The zero-order chi connectivity index (χ0) is 17.1. The van der Waals surface area contributed by atoms with Gasteiger partial charge in [-0.05, 0) is 48.5 Å². The molecule has 0 amide bonds. The quantitative estimate of drug-likeness (QED) is 0.523. The molecule has 0 aliphatic heterocycles.